The second kappa shape index (κ2) is 7.22. The molecule has 0 saturated carbocycles. The third kappa shape index (κ3) is 4.18. The Labute approximate surface area is 124 Å². The van der Waals surface area contributed by atoms with Gasteiger partial charge in [0.05, 0.1) is 12.6 Å². The molecule has 0 aliphatic carbocycles. The van der Waals surface area contributed by atoms with E-state index < -0.39 is 0 Å². The quantitative estimate of drug-likeness (QED) is 0.858. The molecular formula is C16H20N2OS. The van der Waals surface area contributed by atoms with Crippen LogP contribution in [0.4, 0.5) is 0 Å². The molecular weight excluding hydrogens is 268 g/mol. The molecule has 0 radical (unpaired) electrons. The second-order valence-electron chi connectivity index (χ2n) is 4.96. The van der Waals surface area contributed by atoms with E-state index in [4.69, 9.17) is 0 Å². The molecule has 0 saturated heterocycles. The van der Waals surface area contributed by atoms with Crippen LogP contribution >= 0.6 is 11.3 Å². The largest absolute Gasteiger partial charge is 0.343 e. The number of hydrogen-bond donors (Lipinski definition) is 2. The van der Waals surface area contributed by atoms with E-state index in [1.807, 2.05) is 55.6 Å². The number of thiophene rings is 1. The zero-order valence-electron chi connectivity index (χ0n) is 11.8. The van der Waals surface area contributed by atoms with Gasteiger partial charge in [-0.3, -0.25) is 4.79 Å². The topological polar surface area (TPSA) is 41.1 Å². The fourth-order valence-electron chi connectivity index (χ4n) is 1.93. The summed E-state index contributed by atoms with van der Waals surface area (Å²) in [4.78, 5) is 13.2. The molecule has 0 aliphatic heterocycles. The Hall–Kier alpha value is -1.65. The van der Waals surface area contributed by atoms with E-state index in [1.165, 1.54) is 0 Å². The molecule has 0 fully saturated rings. The highest BCUT2D eigenvalue weighted by Crippen LogP contribution is 2.25. The van der Waals surface area contributed by atoms with Gasteiger partial charge in [-0.1, -0.05) is 50.2 Å². The minimum atomic E-state index is -0.0716. The van der Waals surface area contributed by atoms with Gasteiger partial charge < -0.3 is 10.6 Å². The van der Waals surface area contributed by atoms with Crippen molar-refractivity contribution in [1.82, 2.24) is 10.6 Å². The van der Waals surface area contributed by atoms with Gasteiger partial charge in [-0.25, -0.2) is 0 Å². The van der Waals surface area contributed by atoms with E-state index in [9.17, 15) is 4.79 Å². The maximum atomic E-state index is 12.1. The normalized spacial score (nSPS) is 12.3. The van der Waals surface area contributed by atoms with Crippen LogP contribution in [0.1, 0.15) is 30.3 Å². The number of nitrogens with one attached hydrogen (secondary N) is 2. The van der Waals surface area contributed by atoms with Crippen molar-refractivity contribution >= 4 is 17.2 Å². The van der Waals surface area contributed by atoms with Crippen molar-refractivity contribution in [2.24, 2.45) is 0 Å². The Bertz CT molecular complexity index is 523. The Morgan fingerprint density at radius 1 is 1.15 bits per heavy atom. The van der Waals surface area contributed by atoms with Crippen molar-refractivity contribution in [3.05, 3.63) is 58.3 Å². The highest BCUT2D eigenvalue weighted by Gasteiger charge is 2.17. The summed E-state index contributed by atoms with van der Waals surface area (Å²) in [6, 6.07) is 14.4. The molecule has 1 aromatic heterocycles. The first-order chi connectivity index (χ1) is 9.66. The highest BCUT2D eigenvalue weighted by atomic mass is 32.1. The first kappa shape index (κ1) is 14.8. The average Bonchev–Trinajstić information content (AvgIpc) is 2.97. The predicted octanol–water partition coefficient (Wildman–Crippen LogP) is 2.95. The van der Waals surface area contributed by atoms with Gasteiger partial charge >= 0.3 is 0 Å². The first-order valence-corrected chi connectivity index (χ1v) is 7.66. The summed E-state index contributed by atoms with van der Waals surface area (Å²) in [6.45, 7) is 4.40. The standard InChI is InChI=1S/C16H20N2OS/c1-12(2)17-11-15(19)18-16(14-9-6-10-20-14)13-7-4-3-5-8-13/h3-10,12,16-17H,11H2,1-2H3,(H,18,19). The van der Waals surface area contributed by atoms with Crippen LogP contribution in [0.5, 0.6) is 0 Å². The van der Waals surface area contributed by atoms with Crippen molar-refractivity contribution in [2.45, 2.75) is 25.9 Å². The molecule has 20 heavy (non-hydrogen) atoms. The van der Waals surface area contributed by atoms with Gasteiger partial charge in [0.1, 0.15) is 0 Å². The minimum Gasteiger partial charge on any atom is -0.343 e. The van der Waals surface area contributed by atoms with Gasteiger partial charge in [-0.05, 0) is 17.0 Å². The molecule has 0 bridgehead atoms. The minimum absolute atomic E-state index is 0.0148. The van der Waals surface area contributed by atoms with E-state index in [0.29, 0.717) is 12.6 Å². The maximum Gasteiger partial charge on any atom is 0.234 e. The third-order valence-electron chi connectivity index (χ3n) is 2.94. The van der Waals surface area contributed by atoms with E-state index in [-0.39, 0.29) is 11.9 Å². The number of hydrogen-bond acceptors (Lipinski definition) is 3. The van der Waals surface area contributed by atoms with Crippen LogP contribution in [0.3, 0.4) is 0 Å². The fourth-order valence-corrected chi connectivity index (χ4v) is 2.73. The van der Waals surface area contributed by atoms with E-state index >= 15 is 0 Å². The summed E-state index contributed by atoms with van der Waals surface area (Å²) < 4.78 is 0. The summed E-state index contributed by atoms with van der Waals surface area (Å²) in [5.74, 6) is 0.0148. The lowest BCUT2D eigenvalue weighted by Crippen LogP contribution is -2.38. The summed E-state index contributed by atoms with van der Waals surface area (Å²) in [6.07, 6.45) is 0. The van der Waals surface area contributed by atoms with E-state index in [1.54, 1.807) is 11.3 Å². The van der Waals surface area contributed by atoms with E-state index in [0.717, 1.165) is 10.4 Å². The van der Waals surface area contributed by atoms with Gasteiger partial charge in [0.25, 0.3) is 0 Å². The zero-order valence-corrected chi connectivity index (χ0v) is 12.6. The fraction of sp³-hybridized carbons (Fsp3) is 0.312. The molecule has 3 nitrogen and oxygen atoms in total. The van der Waals surface area contributed by atoms with Gasteiger partial charge in [-0.15, -0.1) is 11.3 Å². The van der Waals surface area contributed by atoms with Crippen molar-refractivity contribution in [3.63, 3.8) is 0 Å². The number of amides is 1. The SMILES string of the molecule is CC(C)NCC(=O)NC(c1ccccc1)c1cccs1. The van der Waals surface area contributed by atoms with Crippen LogP contribution in [-0.4, -0.2) is 18.5 Å². The van der Waals surface area contributed by atoms with Crippen LogP contribution in [0.15, 0.2) is 47.8 Å². The van der Waals surface area contributed by atoms with Crippen molar-refractivity contribution in [1.29, 1.82) is 0 Å². The summed E-state index contributed by atoms with van der Waals surface area (Å²) in [5, 5.41) is 8.27. The third-order valence-corrected chi connectivity index (χ3v) is 3.87. The molecule has 1 aromatic carbocycles. The van der Waals surface area contributed by atoms with Gasteiger partial charge in [0.15, 0.2) is 0 Å². The first-order valence-electron chi connectivity index (χ1n) is 6.78. The summed E-state index contributed by atoms with van der Waals surface area (Å²) in [7, 11) is 0. The van der Waals surface area contributed by atoms with Crippen molar-refractivity contribution in [3.8, 4) is 0 Å². The predicted molar refractivity (Wildman–Crippen MR) is 83.9 cm³/mol. The van der Waals surface area contributed by atoms with Crippen LogP contribution < -0.4 is 10.6 Å². The van der Waals surface area contributed by atoms with Crippen molar-refractivity contribution in [2.75, 3.05) is 6.54 Å². The molecule has 4 heteroatoms. The number of benzene rings is 1. The maximum absolute atomic E-state index is 12.1. The Balaban J connectivity index is 2.10. The molecule has 1 amide bonds. The van der Waals surface area contributed by atoms with Crippen LogP contribution in [0, 0.1) is 0 Å². The monoisotopic (exact) mass is 288 g/mol. The molecule has 2 rings (SSSR count). The van der Waals surface area contributed by atoms with Crippen LogP contribution in [0.25, 0.3) is 0 Å². The van der Waals surface area contributed by atoms with Crippen LogP contribution in [-0.2, 0) is 4.79 Å². The smallest absolute Gasteiger partial charge is 0.234 e. The van der Waals surface area contributed by atoms with Crippen molar-refractivity contribution < 1.29 is 4.79 Å². The number of carbonyl (C=O) groups is 1. The van der Waals surface area contributed by atoms with Crippen LogP contribution in [0.2, 0.25) is 0 Å². The number of carbonyl (C=O) groups excluding carboxylic acids is 1. The zero-order chi connectivity index (χ0) is 14.4. The van der Waals surface area contributed by atoms with Gasteiger partial charge in [-0.2, -0.15) is 0 Å². The highest BCUT2D eigenvalue weighted by molar-refractivity contribution is 7.10. The van der Waals surface area contributed by atoms with Gasteiger partial charge in [0.2, 0.25) is 5.91 Å². The number of rotatable bonds is 6. The lowest BCUT2D eigenvalue weighted by atomic mass is 10.1. The molecule has 106 valence electrons. The van der Waals surface area contributed by atoms with E-state index in [2.05, 4.69) is 16.7 Å². The Morgan fingerprint density at radius 2 is 1.90 bits per heavy atom. The molecule has 1 atom stereocenters. The molecule has 2 N–H and O–H groups in total. The molecule has 1 heterocycles. The second-order valence-corrected chi connectivity index (χ2v) is 5.94. The summed E-state index contributed by atoms with van der Waals surface area (Å²) >= 11 is 1.66. The van der Waals surface area contributed by atoms with Gasteiger partial charge in [0, 0.05) is 10.9 Å². The Morgan fingerprint density at radius 3 is 2.50 bits per heavy atom. The lowest BCUT2D eigenvalue weighted by molar-refractivity contribution is -0.120. The molecule has 1 unspecified atom stereocenters. The Kier molecular flexibility index (Phi) is 5.32. The average molecular weight is 288 g/mol. The summed E-state index contributed by atoms with van der Waals surface area (Å²) in [5.41, 5.74) is 1.10. The lowest BCUT2D eigenvalue weighted by Gasteiger charge is -2.18. The molecule has 0 aliphatic rings. The molecule has 0 spiro atoms. The molecule has 2 aromatic rings.